The predicted octanol–water partition coefficient (Wildman–Crippen LogP) is 2.03. The lowest BCUT2D eigenvalue weighted by atomic mass is 9.92. The van der Waals surface area contributed by atoms with E-state index in [4.69, 9.17) is 5.73 Å². The zero-order chi connectivity index (χ0) is 10.3. The minimum Gasteiger partial charge on any atom is -0.383 e. The zero-order valence-electron chi connectivity index (χ0n) is 9.06. The van der Waals surface area contributed by atoms with Crippen LogP contribution in [-0.2, 0) is 5.41 Å². The summed E-state index contributed by atoms with van der Waals surface area (Å²) in [6.45, 7) is 6.29. The lowest BCUT2D eigenvalue weighted by molar-refractivity contribution is 0.576. The van der Waals surface area contributed by atoms with Crippen LogP contribution in [0.3, 0.4) is 0 Å². The van der Waals surface area contributed by atoms with Gasteiger partial charge < -0.3 is 5.73 Å². The van der Waals surface area contributed by atoms with Gasteiger partial charge in [-0.2, -0.15) is 0 Å². The van der Waals surface area contributed by atoms with Gasteiger partial charge in [0.1, 0.15) is 5.82 Å². The average molecular weight is 227 g/mol. The molecule has 0 atom stereocenters. The van der Waals surface area contributed by atoms with Gasteiger partial charge in [0.2, 0.25) is 0 Å². The van der Waals surface area contributed by atoms with E-state index >= 15 is 0 Å². The Morgan fingerprint density at radius 1 is 1.33 bits per heavy atom. The molecule has 0 amide bonds. The van der Waals surface area contributed by atoms with Gasteiger partial charge in [-0.15, -0.1) is 12.4 Å². The first-order valence-electron chi connectivity index (χ1n) is 4.58. The molecule has 2 heterocycles. The first-order valence-corrected chi connectivity index (χ1v) is 4.58. The summed E-state index contributed by atoms with van der Waals surface area (Å²) in [5.74, 6) is 0.704. The van der Waals surface area contributed by atoms with Crippen molar-refractivity contribution in [3.63, 3.8) is 0 Å². The van der Waals surface area contributed by atoms with E-state index in [1.54, 1.807) is 12.4 Å². The number of hydrogen-bond acceptors (Lipinski definition) is 3. The number of nitrogen functional groups attached to an aromatic ring is 1. The third-order valence-corrected chi connectivity index (χ3v) is 2.18. The molecule has 0 bridgehead atoms. The van der Waals surface area contributed by atoms with Crippen molar-refractivity contribution in [1.82, 2.24) is 14.4 Å². The van der Waals surface area contributed by atoms with E-state index in [2.05, 4.69) is 30.7 Å². The Morgan fingerprint density at radius 2 is 2.00 bits per heavy atom. The summed E-state index contributed by atoms with van der Waals surface area (Å²) in [6.07, 6.45) is 5.25. The van der Waals surface area contributed by atoms with Gasteiger partial charge in [0.15, 0.2) is 5.65 Å². The molecule has 0 fully saturated rings. The molecule has 5 heteroatoms. The molecule has 0 aliphatic carbocycles. The number of rotatable bonds is 0. The van der Waals surface area contributed by atoms with Crippen LogP contribution in [0.15, 0.2) is 18.6 Å². The van der Waals surface area contributed by atoms with E-state index in [1.165, 1.54) is 0 Å². The van der Waals surface area contributed by atoms with Crippen molar-refractivity contribution in [1.29, 1.82) is 0 Å². The molecule has 2 N–H and O–H groups in total. The van der Waals surface area contributed by atoms with Crippen LogP contribution in [-0.4, -0.2) is 14.4 Å². The maximum atomic E-state index is 6.00. The molecule has 82 valence electrons. The molecule has 2 aromatic heterocycles. The first-order chi connectivity index (χ1) is 6.50. The SMILES string of the molecule is CC(C)(C)c1nc2cnccn2c1N.Cl. The van der Waals surface area contributed by atoms with Crippen LogP contribution in [0, 0.1) is 0 Å². The highest BCUT2D eigenvalue weighted by molar-refractivity contribution is 5.85. The fraction of sp³-hybridized carbons (Fsp3) is 0.400. The molecule has 0 aromatic carbocycles. The van der Waals surface area contributed by atoms with Gasteiger partial charge >= 0.3 is 0 Å². The van der Waals surface area contributed by atoms with Gasteiger partial charge in [0.25, 0.3) is 0 Å². The second-order valence-corrected chi connectivity index (χ2v) is 4.40. The molecule has 0 unspecified atom stereocenters. The van der Waals surface area contributed by atoms with Crippen molar-refractivity contribution in [2.24, 2.45) is 0 Å². The summed E-state index contributed by atoms with van der Waals surface area (Å²) >= 11 is 0. The van der Waals surface area contributed by atoms with Crippen LogP contribution in [0.1, 0.15) is 26.5 Å². The fourth-order valence-corrected chi connectivity index (χ4v) is 1.48. The van der Waals surface area contributed by atoms with Crippen molar-refractivity contribution in [2.75, 3.05) is 5.73 Å². The van der Waals surface area contributed by atoms with Crippen molar-refractivity contribution in [3.05, 3.63) is 24.3 Å². The van der Waals surface area contributed by atoms with Crippen LogP contribution in [0.25, 0.3) is 5.65 Å². The number of anilines is 1. The Hall–Kier alpha value is -1.29. The Morgan fingerprint density at radius 3 is 2.53 bits per heavy atom. The maximum absolute atomic E-state index is 6.00. The second kappa shape index (κ2) is 3.70. The molecule has 0 saturated carbocycles. The third-order valence-electron chi connectivity index (χ3n) is 2.18. The van der Waals surface area contributed by atoms with Gasteiger partial charge in [-0.1, -0.05) is 20.8 Å². The Kier molecular flexibility index (Phi) is 2.90. The van der Waals surface area contributed by atoms with Crippen LogP contribution in [0.2, 0.25) is 0 Å². The maximum Gasteiger partial charge on any atom is 0.157 e. The summed E-state index contributed by atoms with van der Waals surface area (Å²) in [5, 5.41) is 0. The number of imidazole rings is 1. The van der Waals surface area contributed by atoms with Crippen molar-refractivity contribution < 1.29 is 0 Å². The first kappa shape index (κ1) is 11.8. The minimum absolute atomic E-state index is 0. The molecule has 0 saturated heterocycles. The van der Waals surface area contributed by atoms with Gasteiger partial charge in [-0.25, -0.2) is 4.98 Å². The molecule has 0 spiro atoms. The van der Waals surface area contributed by atoms with Gasteiger partial charge in [0.05, 0.1) is 11.9 Å². The summed E-state index contributed by atoms with van der Waals surface area (Å²) in [4.78, 5) is 8.47. The Bertz CT molecular complexity index is 470. The summed E-state index contributed by atoms with van der Waals surface area (Å²) in [6, 6.07) is 0. The van der Waals surface area contributed by atoms with E-state index in [-0.39, 0.29) is 17.8 Å². The van der Waals surface area contributed by atoms with Crippen molar-refractivity contribution in [2.45, 2.75) is 26.2 Å². The largest absolute Gasteiger partial charge is 0.383 e. The summed E-state index contributed by atoms with van der Waals surface area (Å²) in [7, 11) is 0. The topological polar surface area (TPSA) is 56.2 Å². The second-order valence-electron chi connectivity index (χ2n) is 4.40. The number of fused-ring (bicyclic) bond motifs is 1. The van der Waals surface area contributed by atoms with Crippen molar-refractivity contribution >= 4 is 23.9 Å². The molecule has 0 aliphatic rings. The van der Waals surface area contributed by atoms with E-state index in [0.29, 0.717) is 5.82 Å². The fourth-order valence-electron chi connectivity index (χ4n) is 1.48. The lowest BCUT2D eigenvalue weighted by Gasteiger charge is -2.15. The van der Waals surface area contributed by atoms with Gasteiger partial charge in [0, 0.05) is 17.8 Å². The summed E-state index contributed by atoms with van der Waals surface area (Å²) in [5.41, 5.74) is 7.69. The molecule has 4 nitrogen and oxygen atoms in total. The number of halogens is 1. The monoisotopic (exact) mass is 226 g/mol. The number of hydrogen-bond donors (Lipinski definition) is 1. The standard InChI is InChI=1S/C10H14N4.ClH/c1-10(2,3)8-9(11)14-5-4-12-6-7(14)13-8;/h4-6H,11H2,1-3H3;1H. The Balaban J connectivity index is 0.00000112. The normalized spacial score (nSPS) is 11.4. The highest BCUT2D eigenvalue weighted by atomic mass is 35.5. The van der Waals surface area contributed by atoms with E-state index < -0.39 is 0 Å². The van der Waals surface area contributed by atoms with Crippen LogP contribution in [0.4, 0.5) is 5.82 Å². The number of aromatic nitrogens is 3. The summed E-state index contributed by atoms with van der Waals surface area (Å²) < 4.78 is 1.85. The Labute approximate surface area is 94.9 Å². The van der Waals surface area contributed by atoms with Gasteiger partial charge in [-0.3, -0.25) is 9.38 Å². The highest BCUT2D eigenvalue weighted by Crippen LogP contribution is 2.27. The van der Waals surface area contributed by atoms with Gasteiger partial charge in [-0.05, 0) is 0 Å². The third kappa shape index (κ3) is 1.90. The number of nitrogens with zero attached hydrogens (tertiary/aromatic N) is 3. The molecule has 15 heavy (non-hydrogen) atoms. The number of nitrogens with two attached hydrogens (primary N) is 1. The van der Waals surface area contributed by atoms with E-state index in [0.717, 1.165) is 11.3 Å². The molecular formula is C10H15ClN4. The molecular weight excluding hydrogens is 212 g/mol. The van der Waals surface area contributed by atoms with E-state index in [9.17, 15) is 0 Å². The van der Waals surface area contributed by atoms with Crippen molar-refractivity contribution in [3.8, 4) is 0 Å². The molecule has 2 aromatic rings. The lowest BCUT2D eigenvalue weighted by Crippen LogP contribution is -2.14. The minimum atomic E-state index is -0.0316. The average Bonchev–Trinajstić information content (AvgIpc) is 2.44. The zero-order valence-corrected chi connectivity index (χ0v) is 9.88. The van der Waals surface area contributed by atoms with Crippen LogP contribution in [0.5, 0.6) is 0 Å². The predicted molar refractivity (Wildman–Crippen MR) is 63.3 cm³/mol. The molecule has 0 radical (unpaired) electrons. The smallest absolute Gasteiger partial charge is 0.157 e. The van der Waals surface area contributed by atoms with E-state index in [1.807, 2.05) is 10.6 Å². The van der Waals surface area contributed by atoms with Crippen LogP contribution < -0.4 is 5.73 Å². The molecule has 0 aliphatic heterocycles. The van der Waals surface area contributed by atoms with Crippen LogP contribution >= 0.6 is 12.4 Å². The highest BCUT2D eigenvalue weighted by Gasteiger charge is 2.21. The quantitative estimate of drug-likeness (QED) is 0.748. The molecule has 2 rings (SSSR count).